The van der Waals surface area contributed by atoms with Crippen LogP contribution >= 0.6 is 27.5 Å². The summed E-state index contributed by atoms with van der Waals surface area (Å²) in [4.78, 5) is 0. The molecule has 3 heteroatoms. The zero-order chi connectivity index (χ0) is 10.3. The van der Waals surface area contributed by atoms with Gasteiger partial charge in [0.25, 0.3) is 0 Å². The molecule has 0 radical (unpaired) electrons. The summed E-state index contributed by atoms with van der Waals surface area (Å²) in [6.45, 7) is 1.74. The first-order valence-corrected chi connectivity index (χ1v) is 5.31. The van der Waals surface area contributed by atoms with Crippen molar-refractivity contribution in [3.63, 3.8) is 0 Å². The Morgan fingerprint density at radius 3 is 2.79 bits per heavy atom. The maximum atomic E-state index is 13.7. The fourth-order valence-electron chi connectivity index (χ4n) is 1.49. The average molecular weight is 274 g/mol. The van der Waals surface area contributed by atoms with Crippen LogP contribution in [0.25, 0.3) is 10.8 Å². The topological polar surface area (TPSA) is 0 Å². The molecule has 0 heterocycles. The smallest absolute Gasteiger partial charge is 0.134 e. The van der Waals surface area contributed by atoms with Crippen LogP contribution in [-0.2, 0) is 0 Å². The van der Waals surface area contributed by atoms with Gasteiger partial charge in [-0.25, -0.2) is 4.39 Å². The van der Waals surface area contributed by atoms with Gasteiger partial charge in [0, 0.05) is 20.3 Å². The zero-order valence-corrected chi connectivity index (χ0v) is 9.79. The molecule has 0 atom stereocenters. The molecule has 0 saturated carbocycles. The fraction of sp³-hybridized carbons (Fsp3) is 0.0909. The van der Waals surface area contributed by atoms with Crippen molar-refractivity contribution >= 4 is 38.3 Å². The highest BCUT2D eigenvalue weighted by molar-refractivity contribution is 9.10. The molecule has 72 valence electrons. The van der Waals surface area contributed by atoms with E-state index in [1.165, 1.54) is 0 Å². The lowest BCUT2D eigenvalue weighted by Crippen LogP contribution is -1.87. The number of benzene rings is 2. The standard InChI is InChI=1S/C11H7BrClF/c1-6-5-8(12)10-7(11(6)14)3-2-4-9(10)13/h2-5H,1H3. The van der Waals surface area contributed by atoms with Crippen LogP contribution in [0.3, 0.4) is 0 Å². The molecule has 2 rings (SSSR count). The molecule has 0 nitrogen and oxygen atoms in total. The van der Waals surface area contributed by atoms with Crippen LogP contribution < -0.4 is 0 Å². The minimum atomic E-state index is -0.203. The van der Waals surface area contributed by atoms with E-state index in [4.69, 9.17) is 11.6 Å². The first-order valence-electron chi connectivity index (χ1n) is 4.14. The van der Waals surface area contributed by atoms with E-state index in [0.717, 1.165) is 9.86 Å². The van der Waals surface area contributed by atoms with Crippen molar-refractivity contribution in [3.8, 4) is 0 Å². The summed E-state index contributed by atoms with van der Waals surface area (Å²) in [6, 6.07) is 6.97. The van der Waals surface area contributed by atoms with Crippen LogP contribution in [0.1, 0.15) is 5.56 Å². The lowest BCUT2D eigenvalue weighted by atomic mass is 10.1. The predicted molar refractivity (Wildman–Crippen MR) is 61.4 cm³/mol. The van der Waals surface area contributed by atoms with E-state index in [0.29, 0.717) is 16.0 Å². The average Bonchev–Trinajstić information content (AvgIpc) is 2.14. The Labute approximate surface area is 94.8 Å². The van der Waals surface area contributed by atoms with Crippen LogP contribution in [0.15, 0.2) is 28.7 Å². The Bertz CT molecular complexity index is 508. The van der Waals surface area contributed by atoms with Gasteiger partial charge < -0.3 is 0 Å². The first kappa shape index (κ1) is 9.94. The van der Waals surface area contributed by atoms with Gasteiger partial charge in [-0.05, 0) is 24.6 Å². The second-order valence-electron chi connectivity index (χ2n) is 3.15. The van der Waals surface area contributed by atoms with Crippen LogP contribution in [0.2, 0.25) is 5.02 Å². The van der Waals surface area contributed by atoms with E-state index in [1.54, 1.807) is 31.2 Å². The maximum absolute atomic E-state index is 13.7. The molecule has 0 aliphatic heterocycles. The molecule has 0 N–H and O–H groups in total. The van der Waals surface area contributed by atoms with Crippen LogP contribution in [-0.4, -0.2) is 0 Å². The predicted octanol–water partition coefficient (Wildman–Crippen LogP) is 4.70. The van der Waals surface area contributed by atoms with Gasteiger partial charge in [0.2, 0.25) is 0 Å². The van der Waals surface area contributed by atoms with Gasteiger partial charge in [0.15, 0.2) is 0 Å². The zero-order valence-electron chi connectivity index (χ0n) is 7.44. The van der Waals surface area contributed by atoms with Crippen molar-refractivity contribution in [2.24, 2.45) is 0 Å². The number of hydrogen-bond acceptors (Lipinski definition) is 0. The molecule has 0 aromatic heterocycles. The van der Waals surface area contributed by atoms with Gasteiger partial charge in [0.05, 0.1) is 0 Å². The molecule has 0 aliphatic rings. The fourth-order valence-corrected chi connectivity index (χ4v) is 2.65. The Kier molecular flexibility index (Phi) is 2.50. The van der Waals surface area contributed by atoms with Gasteiger partial charge >= 0.3 is 0 Å². The lowest BCUT2D eigenvalue weighted by Gasteiger charge is -2.06. The van der Waals surface area contributed by atoms with Crippen LogP contribution in [0, 0.1) is 12.7 Å². The van der Waals surface area contributed by atoms with Crippen molar-refractivity contribution in [1.82, 2.24) is 0 Å². The number of halogens is 3. The molecule has 0 amide bonds. The third-order valence-electron chi connectivity index (χ3n) is 2.18. The summed E-state index contributed by atoms with van der Waals surface area (Å²) in [5, 5.41) is 1.86. The molecule has 14 heavy (non-hydrogen) atoms. The summed E-state index contributed by atoms with van der Waals surface area (Å²) >= 11 is 9.37. The summed E-state index contributed by atoms with van der Waals surface area (Å²) in [7, 11) is 0. The van der Waals surface area contributed by atoms with Gasteiger partial charge in [-0.1, -0.05) is 39.7 Å². The van der Waals surface area contributed by atoms with Gasteiger partial charge in [-0.2, -0.15) is 0 Å². The van der Waals surface area contributed by atoms with E-state index in [1.807, 2.05) is 0 Å². The van der Waals surface area contributed by atoms with E-state index in [9.17, 15) is 4.39 Å². The van der Waals surface area contributed by atoms with E-state index in [2.05, 4.69) is 15.9 Å². The Hall–Kier alpha value is -0.600. The molecule has 0 bridgehead atoms. The Morgan fingerprint density at radius 1 is 1.36 bits per heavy atom. The molecule has 0 aliphatic carbocycles. The number of aryl methyl sites for hydroxylation is 1. The van der Waals surface area contributed by atoms with E-state index in [-0.39, 0.29) is 5.82 Å². The van der Waals surface area contributed by atoms with E-state index < -0.39 is 0 Å². The molecule has 0 saturated heterocycles. The second-order valence-corrected chi connectivity index (χ2v) is 4.41. The molecular weight excluding hydrogens is 266 g/mol. The lowest BCUT2D eigenvalue weighted by molar-refractivity contribution is 0.630. The molecule has 2 aromatic rings. The quantitative estimate of drug-likeness (QED) is 0.652. The normalized spacial score (nSPS) is 10.9. The minimum absolute atomic E-state index is 0.203. The molecule has 2 aromatic carbocycles. The van der Waals surface area contributed by atoms with Crippen molar-refractivity contribution in [3.05, 3.63) is 45.1 Å². The molecule has 0 fully saturated rings. The minimum Gasteiger partial charge on any atom is -0.206 e. The third-order valence-corrected chi connectivity index (χ3v) is 3.12. The van der Waals surface area contributed by atoms with Crippen molar-refractivity contribution < 1.29 is 4.39 Å². The largest absolute Gasteiger partial charge is 0.206 e. The highest BCUT2D eigenvalue weighted by Crippen LogP contribution is 2.33. The first-order chi connectivity index (χ1) is 6.61. The summed E-state index contributed by atoms with van der Waals surface area (Å²) in [6.07, 6.45) is 0. The summed E-state index contributed by atoms with van der Waals surface area (Å²) in [5.41, 5.74) is 0.617. The van der Waals surface area contributed by atoms with Gasteiger partial charge in [-0.3, -0.25) is 0 Å². The Morgan fingerprint density at radius 2 is 2.07 bits per heavy atom. The van der Waals surface area contributed by atoms with Crippen molar-refractivity contribution in [2.45, 2.75) is 6.92 Å². The maximum Gasteiger partial charge on any atom is 0.134 e. The SMILES string of the molecule is Cc1cc(Br)c2c(Cl)cccc2c1F. The van der Waals surface area contributed by atoms with E-state index >= 15 is 0 Å². The molecular formula is C11H7BrClF. The molecule has 0 spiro atoms. The van der Waals surface area contributed by atoms with Gasteiger partial charge in [0.1, 0.15) is 5.82 Å². The Balaban J connectivity index is 3.02. The second kappa shape index (κ2) is 3.52. The monoisotopic (exact) mass is 272 g/mol. The van der Waals surface area contributed by atoms with Crippen molar-refractivity contribution in [2.75, 3.05) is 0 Å². The van der Waals surface area contributed by atoms with Crippen molar-refractivity contribution in [1.29, 1.82) is 0 Å². The summed E-state index contributed by atoms with van der Waals surface area (Å²) < 4.78 is 14.5. The van der Waals surface area contributed by atoms with Crippen LogP contribution in [0.5, 0.6) is 0 Å². The number of rotatable bonds is 0. The third kappa shape index (κ3) is 1.43. The highest BCUT2D eigenvalue weighted by Gasteiger charge is 2.09. The number of fused-ring (bicyclic) bond motifs is 1. The van der Waals surface area contributed by atoms with Gasteiger partial charge in [-0.15, -0.1) is 0 Å². The summed E-state index contributed by atoms with van der Waals surface area (Å²) in [5.74, 6) is -0.203. The molecule has 0 unspecified atom stereocenters. The highest BCUT2D eigenvalue weighted by atomic mass is 79.9. The van der Waals surface area contributed by atoms with Crippen LogP contribution in [0.4, 0.5) is 4.39 Å². The number of hydrogen-bond donors (Lipinski definition) is 0.